The van der Waals surface area contributed by atoms with Crippen LogP contribution in [0.3, 0.4) is 0 Å². The van der Waals surface area contributed by atoms with Crippen LogP contribution in [0.1, 0.15) is 53.2 Å². The van der Waals surface area contributed by atoms with Gasteiger partial charge in [0.1, 0.15) is 24.0 Å². The Morgan fingerprint density at radius 3 is 2.65 bits per heavy atom. The van der Waals surface area contributed by atoms with E-state index >= 15 is 4.39 Å². The maximum absolute atomic E-state index is 16.1. The number of aromatic nitrogens is 4. The predicted molar refractivity (Wildman–Crippen MR) is 155 cm³/mol. The van der Waals surface area contributed by atoms with Gasteiger partial charge in [0.25, 0.3) is 0 Å². The molecule has 0 radical (unpaired) electrons. The molecule has 1 aliphatic carbocycles. The molecule has 6 atom stereocenters. The first-order valence-electron chi connectivity index (χ1n) is 14.1. The van der Waals surface area contributed by atoms with Gasteiger partial charge in [-0.3, -0.25) is 13.9 Å². The zero-order valence-electron chi connectivity index (χ0n) is 24.3. The van der Waals surface area contributed by atoms with Crippen LogP contribution in [-0.4, -0.2) is 73.3 Å². The molecule has 16 heteroatoms. The first-order valence-corrected chi connectivity index (χ1v) is 15.7. The number of alkyl halides is 1. The molecular formula is C27H37FN7O7P. The van der Waals surface area contributed by atoms with E-state index < -0.39 is 56.6 Å². The third-order valence-corrected chi connectivity index (χ3v) is 8.93. The van der Waals surface area contributed by atoms with Crippen LogP contribution in [0, 0.1) is 0 Å². The largest absolute Gasteiger partial charge is 0.462 e. The molecule has 234 valence electrons. The van der Waals surface area contributed by atoms with E-state index in [4.69, 9.17) is 24.3 Å². The number of imidazole rings is 1. The summed E-state index contributed by atoms with van der Waals surface area (Å²) in [5, 5.41) is 16.8. The predicted octanol–water partition coefficient (Wildman–Crippen LogP) is 3.49. The van der Waals surface area contributed by atoms with E-state index in [1.807, 2.05) is 0 Å². The number of para-hydroxylation sites is 1. The lowest BCUT2D eigenvalue weighted by molar-refractivity contribution is -0.149. The molecule has 14 nitrogen and oxygen atoms in total. The van der Waals surface area contributed by atoms with Crippen LogP contribution in [0.2, 0.25) is 0 Å². The molecule has 0 spiro atoms. The van der Waals surface area contributed by atoms with Crippen molar-refractivity contribution >= 4 is 36.6 Å². The second kappa shape index (κ2) is 12.3. The highest BCUT2D eigenvalue weighted by Crippen LogP contribution is 2.48. The molecule has 2 aliphatic rings. The van der Waals surface area contributed by atoms with E-state index in [0.717, 1.165) is 19.3 Å². The number of aliphatic hydroxyl groups is 1. The number of rotatable bonds is 12. The number of fused-ring (bicyclic) bond motifs is 1. The van der Waals surface area contributed by atoms with Crippen molar-refractivity contribution in [3.63, 3.8) is 0 Å². The van der Waals surface area contributed by atoms with Gasteiger partial charge in [0, 0.05) is 6.04 Å². The minimum absolute atomic E-state index is 0.0368. The fraction of sp³-hybridized carbons (Fsp3) is 0.556. The SMILES string of the molecule is CC(C)OC(=O)[C@H](C)NP(=O)(OC[C@H]1O[C@@H](n2cnc3c(NC4CCC4)nc(N)nc32)[C@](C)(F)[C@@H]1O)Oc1ccccc1. The van der Waals surface area contributed by atoms with Gasteiger partial charge in [0.15, 0.2) is 28.9 Å². The van der Waals surface area contributed by atoms with E-state index in [1.165, 1.54) is 24.7 Å². The first kappa shape index (κ1) is 31.1. The molecule has 2 aromatic heterocycles. The average molecular weight is 622 g/mol. The van der Waals surface area contributed by atoms with Gasteiger partial charge in [-0.25, -0.2) is 13.9 Å². The summed E-state index contributed by atoms with van der Waals surface area (Å²) < 4.78 is 53.7. The topological polar surface area (TPSA) is 185 Å². The fourth-order valence-electron chi connectivity index (χ4n) is 4.81. The van der Waals surface area contributed by atoms with E-state index in [9.17, 15) is 14.5 Å². The lowest BCUT2D eigenvalue weighted by atomic mass is 9.93. The number of nitrogens with two attached hydrogens (primary N) is 1. The Bertz CT molecular complexity index is 1490. The van der Waals surface area contributed by atoms with Crippen LogP contribution in [0.4, 0.5) is 16.2 Å². The smallest absolute Gasteiger partial charge is 0.459 e. The van der Waals surface area contributed by atoms with Crippen molar-refractivity contribution in [1.82, 2.24) is 24.6 Å². The van der Waals surface area contributed by atoms with E-state index in [1.54, 1.807) is 44.2 Å². The monoisotopic (exact) mass is 621 g/mol. The van der Waals surface area contributed by atoms with Crippen LogP contribution in [0.5, 0.6) is 5.75 Å². The van der Waals surface area contributed by atoms with Gasteiger partial charge in [0.2, 0.25) is 5.95 Å². The third kappa shape index (κ3) is 6.75. The summed E-state index contributed by atoms with van der Waals surface area (Å²) in [6.07, 6.45) is -0.389. The number of benzene rings is 1. The molecule has 5 rings (SSSR count). The van der Waals surface area contributed by atoms with Crippen molar-refractivity contribution in [2.45, 2.75) is 89.2 Å². The normalized spacial score (nSPS) is 26.2. The number of ether oxygens (including phenoxy) is 2. The number of nitrogen functional groups attached to an aromatic ring is 1. The highest BCUT2D eigenvalue weighted by molar-refractivity contribution is 7.52. The molecule has 1 aliphatic heterocycles. The van der Waals surface area contributed by atoms with Crippen molar-refractivity contribution in [3.8, 4) is 5.75 Å². The van der Waals surface area contributed by atoms with Crippen molar-refractivity contribution in [2.75, 3.05) is 17.7 Å². The first-order chi connectivity index (χ1) is 20.4. The van der Waals surface area contributed by atoms with Crippen LogP contribution >= 0.6 is 7.75 Å². The summed E-state index contributed by atoms with van der Waals surface area (Å²) in [7, 11) is -4.29. The van der Waals surface area contributed by atoms with E-state index in [0.29, 0.717) is 11.3 Å². The molecule has 0 bridgehead atoms. The maximum atomic E-state index is 16.1. The number of carbonyl (C=O) groups is 1. The molecule has 3 aromatic rings. The molecule has 1 saturated carbocycles. The van der Waals surface area contributed by atoms with Gasteiger partial charge in [0.05, 0.1) is 19.0 Å². The van der Waals surface area contributed by atoms with Gasteiger partial charge in [-0.05, 0) is 59.1 Å². The van der Waals surface area contributed by atoms with Crippen molar-refractivity contribution in [1.29, 1.82) is 0 Å². The number of hydrogen-bond donors (Lipinski definition) is 4. The number of hydrogen-bond acceptors (Lipinski definition) is 12. The Hall–Kier alpha value is -3.36. The second-order valence-corrected chi connectivity index (χ2v) is 12.9. The number of halogens is 1. The number of esters is 1. The molecule has 43 heavy (non-hydrogen) atoms. The van der Waals surface area contributed by atoms with Gasteiger partial charge < -0.3 is 30.2 Å². The molecular weight excluding hydrogens is 584 g/mol. The van der Waals surface area contributed by atoms with Gasteiger partial charge in [-0.2, -0.15) is 15.1 Å². The number of anilines is 2. The minimum Gasteiger partial charge on any atom is -0.462 e. The quantitative estimate of drug-likeness (QED) is 0.170. The molecule has 1 saturated heterocycles. The fourth-order valence-corrected chi connectivity index (χ4v) is 6.31. The molecule has 3 heterocycles. The van der Waals surface area contributed by atoms with Gasteiger partial charge >= 0.3 is 13.7 Å². The van der Waals surface area contributed by atoms with Crippen LogP contribution < -0.4 is 20.7 Å². The van der Waals surface area contributed by atoms with Crippen molar-refractivity contribution < 1.29 is 37.4 Å². The Morgan fingerprint density at radius 1 is 1.28 bits per heavy atom. The highest BCUT2D eigenvalue weighted by Gasteiger charge is 2.56. The van der Waals surface area contributed by atoms with Crippen molar-refractivity contribution in [3.05, 3.63) is 36.7 Å². The Morgan fingerprint density at radius 2 is 2.00 bits per heavy atom. The molecule has 5 N–H and O–H groups in total. The zero-order valence-corrected chi connectivity index (χ0v) is 25.2. The van der Waals surface area contributed by atoms with E-state index in [2.05, 4.69) is 25.4 Å². The van der Waals surface area contributed by atoms with Crippen LogP contribution in [0.25, 0.3) is 11.2 Å². The van der Waals surface area contributed by atoms with Crippen molar-refractivity contribution in [2.24, 2.45) is 0 Å². The standard InChI is InChI=1S/C27H37FN7O7P/c1-15(2)40-24(37)16(3)34-43(38,42-18-11-6-5-7-12-18)39-13-19-21(36)27(4,28)25(41-19)35-14-30-20-22(31-17-9-8-10-17)32-26(29)33-23(20)35/h5-7,11-12,14-17,19,21,25,36H,8-10,13H2,1-4H3,(H,34,38)(H3,29,31,32,33)/t16-,19+,21+,25+,27+,43?/m0/s1. The summed E-state index contributed by atoms with van der Waals surface area (Å²) in [6.45, 7) is 5.42. The molecule has 2 fully saturated rings. The molecule has 0 amide bonds. The zero-order chi connectivity index (χ0) is 30.9. The summed E-state index contributed by atoms with van der Waals surface area (Å²) in [4.78, 5) is 25.3. The minimum atomic E-state index is -4.29. The lowest BCUT2D eigenvalue weighted by Crippen LogP contribution is -2.41. The maximum Gasteiger partial charge on any atom is 0.459 e. The number of nitrogens with zero attached hydrogens (tertiary/aromatic N) is 4. The summed E-state index contributed by atoms with van der Waals surface area (Å²) in [6, 6.07) is 7.32. The van der Waals surface area contributed by atoms with Gasteiger partial charge in [-0.15, -0.1) is 0 Å². The summed E-state index contributed by atoms with van der Waals surface area (Å²) in [5.74, 6) is -0.0915. The molecule has 1 aromatic carbocycles. The lowest BCUT2D eigenvalue weighted by Gasteiger charge is -2.27. The highest BCUT2D eigenvalue weighted by atomic mass is 31.2. The second-order valence-electron chi connectivity index (χ2n) is 11.2. The number of aliphatic hydroxyl groups excluding tert-OH is 1. The van der Waals surface area contributed by atoms with Gasteiger partial charge in [-0.1, -0.05) is 18.2 Å². The summed E-state index contributed by atoms with van der Waals surface area (Å²) in [5.41, 5.74) is 4.20. The Kier molecular flexibility index (Phi) is 8.91. The van der Waals surface area contributed by atoms with E-state index in [-0.39, 0.29) is 23.4 Å². The number of carbonyl (C=O) groups excluding carboxylic acids is 1. The average Bonchev–Trinajstić information content (AvgIpc) is 3.42. The van der Waals surface area contributed by atoms with Crippen LogP contribution in [-0.2, 0) is 23.4 Å². The number of nitrogens with one attached hydrogen (secondary N) is 2. The Balaban J connectivity index is 1.36. The van der Waals surface area contributed by atoms with Crippen LogP contribution in [0.15, 0.2) is 36.7 Å². The Labute approximate surface area is 248 Å². The molecule has 1 unspecified atom stereocenters. The third-order valence-electron chi connectivity index (χ3n) is 7.29. The summed E-state index contributed by atoms with van der Waals surface area (Å²) >= 11 is 0.